The van der Waals surface area contributed by atoms with Crippen molar-refractivity contribution >= 4 is 33.2 Å². The normalized spacial score (nSPS) is 14.4. The molecule has 1 N–H and O–H groups in total. The first kappa shape index (κ1) is 24.1. The minimum atomic E-state index is -3.60. The maximum Gasteiger partial charge on any atom is 0.262 e. The zero-order chi connectivity index (χ0) is 24.0. The van der Waals surface area contributed by atoms with E-state index in [1.807, 2.05) is 36.4 Å². The molecule has 0 bridgehead atoms. The summed E-state index contributed by atoms with van der Waals surface area (Å²) in [5.74, 6) is 0.951. The van der Waals surface area contributed by atoms with Gasteiger partial charge in [-0.05, 0) is 55.3 Å². The highest BCUT2D eigenvalue weighted by Crippen LogP contribution is 2.31. The maximum absolute atomic E-state index is 12.8. The van der Waals surface area contributed by atoms with Crippen molar-refractivity contribution in [2.45, 2.75) is 24.2 Å². The molecule has 0 spiro atoms. The molecule has 1 fully saturated rings. The van der Waals surface area contributed by atoms with E-state index in [0.717, 1.165) is 19.3 Å². The molecule has 1 aliphatic rings. The fraction of sp³-hybridized carbons (Fsp3) is 0.240. The summed E-state index contributed by atoms with van der Waals surface area (Å²) in [5.41, 5.74) is 0.494. The SMILES string of the molecule is O=C(COc1ccc(S(=O)(=O)N2CCCCC2)cc1Cl)Nc1ccccc1Oc1ccccc1. The van der Waals surface area contributed by atoms with Crippen molar-refractivity contribution in [3.05, 3.63) is 77.8 Å². The van der Waals surface area contributed by atoms with Crippen LogP contribution in [0.15, 0.2) is 77.7 Å². The Morgan fingerprint density at radius 2 is 1.62 bits per heavy atom. The Kier molecular flexibility index (Phi) is 7.72. The van der Waals surface area contributed by atoms with Gasteiger partial charge >= 0.3 is 0 Å². The summed E-state index contributed by atoms with van der Waals surface area (Å²) in [5, 5.41) is 2.89. The van der Waals surface area contributed by atoms with Crippen LogP contribution in [0.25, 0.3) is 0 Å². The third kappa shape index (κ3) is 5.88. The van der Waals surface area contributed by atoms with Crippen LogP contribution in [0, 0.1) is 0 Å². The lowest BCUT2D eigenvalue weighted by atomic mass is 10.2. The summed E-state index contributed by atoms with van der Waals surface area (Å²) in [4.78, 5) is 12.6. The van der Waals surface area contributed by atoms with E-state index < -0.39 is 15.9 Å². The lowest BCUT2D eigenvalue weighted by Gasteiger charge is -2.26. The molecule has 1 saturated heterocycles. The average Bonchev–Trinajstić information content (AvgIpc) is 2.85. The zero-order valence-corrected chi connectivity index (χ0v) is 20.0. The number of benzene rings is 3. The van der Waals surface area contributed by atoms with Gasteiger partial charge in [-0.3, -0.25) is 4.79 Å². The molecule has 34 heavy (non-hydrogen) atoms. The van der Waals surface area contributed by atoms with Crippen molar-refractivity contribution in [3.8, 4) is 17.2 Å². The number of nitrogens with zero attached hydrogens (tertiary/aromatic N) is 1. The first-order chi connectivity index (χ1) is 16.4. The second-order valence-electron chi connectivity index (χ2n) is 7.81. The molecule has 3 aromatic carbocycles. The van der Waals surface area contributed by atoms with E-state index >= 15 is 0 Å². The van der Waals surface area contributed by atoms with E-state index in [4.69, 9.17) is 21.1 Å². The Labute approximate surface area is 204 Å². The van der Waals surface area contributed by atoms with Gasteiger partial charge in [0, 0.05) is 13.1 Å². The number of sulfonamides is 1. The van der Waals surface area contributed by atoms with Gasteiger partial charge in [-0.25, -0.2) is 8.42 Å². The number of ether oxygens (including phenoxy) is 2. The molecule has 7 nitrogen and oxygen atoms in total. The quantitative estimate of drug-likeness (QED) is 0.452. The molecule has 178 valence electrons. The van der Waals surface area contributed by atoms with E-state index in [-0.39, 0.29) is 22.3 Å². The van der Waals surface area contributed by atoms with Gasteiger partial charge in [-0.1, -0.05) is 48.4 Å². The summed E-state index contributed by atoms with van der Waals surface area (Å²) in [6.07, 6.45) is 2.73. The summed E-state index contributed by atoms with van der Waals surface area (Å²) in [7, 11) is -3.60. The van der Waals surface area contributed by atoms with Gasteiger partial charge in [-0.2, -0.15) is 4.31 Å². The van der Waals surface area contributed by atoms with E-state index in [2.05, 4.69) is 5.32 Å². The topological polar surface area (TPSA) is 84.9 Å². The van der Waals surface area contributed by atoms with Crippen LogP contribution < -0.4 is 14.8 Å². The van der Waals surface area contributed by atoms with Crippen LogP contribution in [0.1, 0.15) is 19.3 Å². The van der Waals surface area contributed by atoms with Crippen molar-refractivity contribution < 1.29 is 22.7 Å². The number of rotatable bonds is 8. The summed E-state index contributed by atoms with van der Waals surface area (Å²) < 4.78 is 38.5. The number of piperidine rings is 1. The van der Waals surface area contributed by atoms with E-state index in [9.17, 15) is 13.2 Å². The minimum absolute atomic E-state index is 0.114. The summed E-state index contributed by atoms with van der Waals surface area (Å²) >= 11 is 6.27. The van der Waals surface area contributed by atoms with Crippen molar-refractivity contribution in [1.29, 1.82) is 0 Å². The standard InChI is InChI=1S/C25H25ClN2O5S/c26-21-17-20(34(30,31)28-15-7-2-8-16-28)13-14-23(21)32-18-25(29)27-22-11-5-6-12-24(22)33-19-9-3-1-4-10-19/h1,3-6,9-14,17H,2,7-8,15-16,18H2,(H,27,29). The van der Waals surface area contributed by atoms with Gasteiger partial charge in [0.1, 0.15) is 11.5 Å². The molecule has 1 amide bonds. The van der Waals surface area contributed by atoms with Crippen molar-refractivity contribution in [3.63, 3.8) is 0 Å². The number of carbonyl (C=O) groups excluding carboxylic acids is 1. The molecule has 0 unspecified atom stereocenters. The lowest BCUT2D eigenvalue weighted by molar-refractivity contribution is -0.118. The first-order valence-corrected chi connectivity index (χ1v) is 12.8. The van der Waals surface area contributed by atoms with Crippen molar-refractivity contribution in [2.24, 2.45) is 0 Å². The van der Waals surface area contributed by atoms with Crippen LogP contribution in [0.5, 0.6) is 17.2 Å². The molecule has 0 atom stereocenters. The van der Waals surface area contributed by atoms with Crippen LogP contribution >= 0.6 is 11.6 Å². The van der Waals surface area contributed by atoms with Gasteiger partial charge in [-0.15, -0.1) is 0 Å². The zero-order valence-electron chi connectivity index (χ0n) is 18.4. The smallest absolute Gasteiger partial charge is 0.262 e. The molecule has 1 heterocycles. The second kappa shape index (κ2) is 10.9. The first-order valence-electron chi connectivity index (χ1n) is 11.0. The van der Waals surface area contributed by atoms with Gasteiger partial charge in [0.05, 0.1) is 15.6 Å². The van der Waals surface area contributed by atoms with E-state index in [1.165, 1.54) is 22.5 Å². The highest BCUT2D eigenvalue weighted by atomic mass is 35.5. The van der Waals surface area contributed by atoms with Crippen molar-refractivity contribution in [2.75, 3.05) is 25.0 Å². The van der Waals surface area contributed by atoms with Gasteiger partial charge in [0.25, 0.3) is 5.91 Å². The summed E-state index contributed by atoms with van der Waals surface area (Å²) in [6.45, 7) is 0.708. The average molecular weight is 501 g/mol. The minimum Gasteiger partial charge on any atom is -0.482 e. The van der Waals surface area contributed by atoms with E-state index in [0.29, 0.717) is 30.3 Å². The van der Waals surface area contributed by atoms with Gasteiger partial charge in [0.15, 0.2) is 12.4 Å². The van der Waals surface area contributed by atoms with Crippen LogP contribution in [0.4, 0.5) is 5.69 Å². The Balaban J connectivity index is 1.38. The fourth-order valence-corrected chi connectivity index (χ4v) is 5.46. The molecular formula is C25H25ClN2O5S. The third-order valence-electron chi connectivity index (χ3n) is 5.35. The number of nitrogens with one attached hydrogen (secondary N) is 1. The van der Waals surface area contributed by atoms with Crippen LogP contribution in [-0.4, -0.2) is 38.3 Å². The van der Waals surface area contributed by atoms with Crippen molar-refractivity contribution in [1.82, 2.24) is 4.31 Å². The maximum atomic E-state index is 12.8. The molecule has 1 aliphatic heterocycles. The predicted molar refractivity (Wildman–Crippen MR) is 131 cm³/mol. The Morgan fingerprint density at radius 3 is 2.35 bits per heavy atom. The molecule has 0 aliphatic carbocycles. The monoisotopic (exact) mass is 500 g/mol. The number of para-hydroxylation sites is 3. The Morgan fingerprint density at radius 1 is 0.912 bits per heavy atom. The Bertz CT molecular complexity index is 1250. The number of halogens is 1. The molecule has 4 rings (SSSR count). The second-order valence-corrected chi connectivity index (χ2v) is 10.2. The van der Waals surface area contributed by atoms with Gasteiger partial charge in [0.2, 0.25) is 10.0 Å². The van der Waals surface area contributed by atoms with Gasteiger partial charge < -0.3 is 14.8 Å². The third-order valence-corrected chi connectivity index (χ3v) is 7.54. The van der Waals surface area contributed by atoms with Crippen LogP contribution in [0.2, 0.25) is 5.02 Å². The number of anilines is 1. The van der Waals surface area contributed by atoms with Crippen LogP contribution in [-0.2, 0) is 14.8 Å². The highest BCUT2D eigenvalue weighted by molar-refractivity contribution is 7.89. The number of carbonyl (C=O) groups is 1. The largest absolute Gasteiger partial charge is 0.482 e. The Hall–Kier alpha value is -3.07. The fourth-order valence-electron chi connectivity index (χ4n) is 3.62. The predicted octanol–water partition coefficient (Wildman–Crippen LogP) is 5.32. The number of hydrogen-bond donors (Lipinski definition) is 1. The molecule has 0 saturated carbocycles. The van der Waals surface area contributed by atoms with Crippen LogP contribution in [0.3, 0.4) is 0 Å². The molecule has 0 radical (unpaired) electrons. The molecule has 9 heteroatoms. The lowest BCUT2D eigenvalue weighted by Crippen LogP contribution is -2.35. The highest BCUT2D eigenvalue weighted by Gasteiger charge is 2.26. The number of amides is 1. The van der Waals surface area contributed by atoms with E-state index in [1.54, 1.807) is 18.2 Å². The molecule has 0 aromatic heterocycles. The molecular weight excluding hydrogens is 476 g/mol. The summed E-state index contributed by atoms with van der Waals surface area (Å²) in [6, 6.07) is 20.6. The number of hydrogen-bond acceptors (Lipinski definition) is 5. The molecule has 3 aromatic rings.